The standard InChI is InChI=1S/C26H23ClFN5O/c1-14(16-7-6-8-18(9-16)29-5)33-24-20-10-19(17-12-30-25(31-13-17)26(3,4)34)21(28)11-22(20)32-15(2)23(24)27/h6-14,34H,1-4H3,(H,32,33)/t14-/m1/s1. The van der Waals surface area contributed by atoms with Crippen LogP contribution in [0.4, 0.5) is 15.8 Å². The number of anilines is 1. The fourth-order valence-electron chi connectivity index (χ4n) is 3.69. The molecule has 0 aliphatic heterocycles. The van der Waals surface area contributed by atoms with Crippen molar-refractivity contribution in [2.24, 2.45) is 0 Å². The van der Waals surface area contributed by atoms with Gasteiger partial charge in [-0.05, 0) is 39.3 Å². The van der Waals surface area contributed by atoms with Gasteiger partial charge in [0.1, 0.15) is 11.4 Å². The van der Waals surface area contributed by atoms with Crippen LogP contribution >= 0.6 is 11.6 Å². The number of benzene rings is 2. The highest BCUT2D eigenvalue weighted by atomic mass is 35.5. The molecule has 2 heterocycles. The smallest absolute Gasteiger partial charge is 0.187 e. The zero-order valence-corrected chi connectivity index (χ0v) is 19.9. The van der Waals surface area contributed by atoms with Gasteiger partial charge in [0.15, 0.2) is 11.5 Å². The summed E-state index contributed by atoms with van der Waals surface area (Å²) >= 11 is 6.65. The summed E-state index contributed by atoms with van der Waals surface area (Å²) in [4.78, 5) is 16.4. The Morgan fingerprint density at radius 3 is 2.53 bits per heavy atom. The van der Waals surface area contributed by atoms with Gasteiger partial charge in [0.05, 0.1) is 28.5 Å². The molecule has 0 unspecified atom stereocenters. The van der Waals surface area contributed by atoms with Crippen molar-refractivity contribution < 1.29 is 9.50 Å². The van der Waals surface area contributed by atoms with Gasteiger partial charge in [0, 0.05) is 41.0 Å². The minimum Gasteiger partial charge on any atom is -0.382 e. The monoisotopic (exact) mass is 475 g/mol. The van der Waals surface area contributed by atoms with E-state index in [0.717, 1.165) is 5.56 Å². The first-order valence-corrected chi connectivity index (χ1v) is 11.0. The van der Waals surface area contributed by atoms with Crippen LogP contribution in [-0.4, -0.2) is 20.1 Å². The molecule has 6 nitrogen and oxygen atoms in total. The molecule has 2 N–H and O–H groups in total. The van der Waals surface area contributed by atoms with Crippen LogP contribution < -0.4 is 5.32 Å². The van der Waals surface area contributed by atoms with E-state index in [-0.39, 0.29) is 11.9 Å². The highest BCUT2D eigenvalue weighted by molar-refractivity contribution is 6.35. The largest absolute Gasteiger partial charge is 0.382 e. The SMILES string of the molecule is [C-]#[N+]c1cccc([C@@H](C)Nc2c(Cl)c(C)nc3cc(F)c(-c4cnc(C(C)(C)O)nc4)cc23)c1. The van der Waals surface area contributed by atoms with Crippen molar-refractivity contribution in [3.05, 3.63) is 88.1 Å². The van der Waals surface area contributed by atoms with Crippen LogP contribution in [0.5, 0.6) is 0 Å². The molecule has 8 heteroatoms. The Morgan fingerprint density at radius 2 is 1.88 bits per heavy atom. The average Bonchev–Trinajstić information content (AvgIpc) is 2.81. The summed E-state index contributed by atoms with van der Waals surface area (Å²) in [6.45, 7) is 14.2. The number of halogens is 2. The zero-order valence-electron chi connectivity index (χ0n) is 19.2. The van der Waals surface area contributed by atoms with Gasteiger partial charge < -0.3 is 10.4 Å². The van der Waals surface area contributed by atoms with Crippen LogP contribution in [0.2, 0.25) is 5.02 Å². The second-order valence-corrected chi connectivity index (χ2v) is 9.04. The number of aliphatic hydroxyl groups is 1. The molecule has 0 fully saturated rings. The molecule has 4 aromatic rings. The minimum absolute atomic E-state index is 0.174. The van der Waals surface area contributed by atoms with E-state index in [9.17, 15) is 5.11 Å². The van der Waals surface area contributed by atoms with Crippen LogP contribution in [0.25, 0.3) is 26.9 Å². The molecular formula is C26H23ClFN5O. The first-order chi connectivity index (χ1) is 16.1. The summed E-state index contributed by atoms with van der Waals surface area (Å²) in [7, 11) is 0. The number of hydrogen-bond acceptors (Lipinski definition) is 5. The van der Waals surface area contributed by atoms with Gasteiger partial charge in [0.2, 0.25) is 0 Å². The van der Waals surface area contributed by atoms with E-state index >= 15 is 4.39 Å². The van der Waals surface area contributed by atoms with Crippen molar-refractivity contribution >= 4 is 33.9 Å². The number of hydrogen-bond donors (Lipinski definition) is 2. The summed E-state index contributed by atoms with van der Waals surface area (Å²) in [6, 6.07) is 10.2. The highest BCUT2D eigenvalue weighted by Crippen LogP contribution is 2.38. The summed E-state index contributed by atoms with van der Waals surface area (Å²) in [5.41, 5.74) is 2.69. The molecule has 2 aromatic heterocycles. The van der Waals surface area contributed by atoms with Gasteiger partial charge in [-0.1, -0.05) is 35.9 Å². The van der Waals surface area contributed by atoms with Crippen LogP contribution in [0.15, 0.2) is 48.8 Å². The molecule has 0 saturated heterocycles. The van der Waals surface area contributed by atoms with Gasteiger partial charge >= 0.3 is 0 Å². The summed E-state index contributed by atoms with van der Waals surface area (Å²) in [5, 5.41) is 14.6. The number of aryl methyl sites for hydroxylation is 1. The number of pyridine rings is 1. The first kappa shape index (κ1) is 23.6. The van der Waals surface area contributed by atoms with Crippen molar-refractivity contribution in [1.82, 2.24) is 15.0 Å². The molecular weight excluding hydrogens is 453 g/mol. The van der Waals surface area contributed by atoms with Gasteiger partial charge in [-0.3, -0.25) is 4.98 Å². The lowest BCUT2D eigenvalue weighted by Gasteiger charge is -2.20. The third-order valence-corrected chi connectivity index (χ3v) is 6.01. The fourth-order valence-corrected chi connectivity index (χ4v) is 3.89. The van der Waals surface area contributed by atoms with Crippen molar-refractivity contribution in [3.8, 4) is 11.1 Å². The Morgan fingerprint density at radius 1 is 1.18 bits per heavy atom. The Balaban J connectivity index is 1.82. The lowest BCUT2D eigenvalue weighted by atomic mass is 10.0. The Kier molecular flexibility index (Phi) is 6.22. The van der Waals surface area contributed by atoms with E-state index in [1.165, 1.54) is 18.5 Å². The molecule has 0 radical (unpaired) electrons. The zero-order chi connectivity index (χ0) is 24.6. The fraction of sp³-hybridized carbons (Fsp3) is 0.231. The number of fused-ring (bicyclic) bond motifs is 1. The maximum absolute atomic E-state index is 15.1. The third kappa shape index (κ3) is 4.56. The average molecular weight is 476 g/mol. The van der Waals surface area contributed by atoms with Crippen molar-refractivity contribution in [2.45, 2.75) is 39.3 Å². The summed E-state index contributed by atoms with van der Waals surface area (Å²) in [6.07, 6.45) is 2.97. The number of aromatic nitrogens is 3. The normalized spacial score (nSPS) is 12.4. The van der Waals surface area contributed by atoms with Crippen LogP contribution in [0.1, 0.15) is 43.9 Å². The molecule has 0 aliphatic carbocycles. The molecule has 0 amide bonds. The van der Waals surface area contributed by atoms with Crippen LogP contribution in [0.3, 0.4) is 0 Å². The number of rotatable bonds is 5. The van der Waals surface area contributed by atoms with Gasteiger partial charge in [-0.25, -0.2) is 19.2 Å². The molecule has 2 aromatic carbocycles. The van der Waals surface area contributed by atoms with E-state index in [4.69, 9.17) is 18.2 Å². The quantitative estimate of drug-likeness (QED) is 0.312. The maximum Gasteiger partial charge on any atom is 0.187 e. The van der Waals surface area contributed by atoms with Crippen LogP contribution in [-0.2, 0) is 5.60 Å². The highest BCUT2D eigenvalue weighted by Gasteiger charge is 2.21. The summed E-state index contributed by atoms with van der Waals surface area (Å²) < 4.78 is 15.1. The molecule has 0 aliphatic rings. The first-order valence-electron chi connectivity index (χ1n) is 10.7. The van der Waals surface area contributed by atoms with Gasteiger partial charge in [-0.15, -0.1) is 0 Å². The van der Waals surface area contributed by atoms with Gasteiger partial charge in [0.25, 0.3) is 0 Å². The van der Waals surface area contributed by atoms with Crippen LogP contribution in [0, 0.1) is 19.3 Å². The second kappa shape index (κ2) is 8.98. The Hall–Kier alpha value is -3.60. The second-order valence-electron chi connectivity index (χ2n) is 8.66. The Labute approximate surface area is 202 Å². The molecule has 1 atom stereocenters. The van der Waals surface area contributed by atoms with E-state index in [2.05, 4.69) is 25.1 Å². The molecule has 34 heavy (non-hydrogen) atoms. The number of nitrogens with zero attached hydrogens (tertiary/aromatic N) is 4. The molecule has 0 spiro atoms. The number of nitrogens with one attached hydrogen (secondary N) is 1. The van der Waals surface area contributed by atoms with Crippen molar-refractivity contribution in [2.75, 3.05) is 5.32 Å². The van der Waals surface area contributed by atoms with Gasteiger partial charge in [-0.2, -0.15) is 0 Å². The molecule has 0 bridgehead atoms. The maximum atomic E-state index is 15.1. The third-order valence-electron chi connectivity index (χ3n) is 5.55. The lowest BCUT2D eigenvalue weighted by molar-refractivity contribution is 0.0687. The van der Waals surface area contributed by atoms with Crippen molar-refractivity contribution in [3.63, 3.8) is 0 Å². The molecule has 0 saturated carbocycles. The van der Waals surface area contributed by atoms with E-state index in [0.29, 0.717) is 44.1 Å². The lowest BCUT2D eigenvalue weighted by Crippen LogP contribution is -2.19. The predicted octanol–water partition coefficient (Wildman–Crippen LogP) is 6.74. The topological polar surface area (TPSA) is 75.3 Å². The van der Waals surface area contributed by atoms with E-state index in [1.807, 2.05) is 25.1 Å². The molecule has 172 valence electrons. The summed E-state index contributed by atoms with van der Waals surface area (Å²) in [5.74, 6) is -0.222. The van der Waals surface area contributed by atoms with E-state index in [1.54, 1.807) is 32.9 Å². The van der Waals surface area contributed by atoms with Crippen molar-refractivity contribution in [1.29, 1.82) is 0 Å². The minimum atomic E-state index is -1.20. The Bertz CT molecular complexity index is 1420. The predicted molar refractivity (Wildman–Crippen MR) is 132 cm³/mol. The van der Waals surface area contributed by atoms with E-state index < -0.39 is 11.4 Å². The molecule has 4 rings (SSSR count).